The van der Waals surface area contributed by atoms with Crippen LogP contribution in [0.1, 0.15) is 38.5 Å². The molecule has 0 saturated heterocycles. The van der Waals surface area contributed by atoms with E-state index in [1.165, 1.54) is 44.0 Å². The number of fused-ring (bicyclic) bond motifs is 1. The summed E-state index contributed by atoms with van der Waals surface area (Å²) in [4.78, 5) is 3.29. The second-order valence-corrected chi connectivity index (χ2v) is 6.84. The van der Waals surface area contributed by atoms with Gasteiger partial charge >= 0.3 is 0 Å². The van der Waals surface area contributed by atoms with Crippen LogP contribution < -0.4 is 0 Å². The Balaban J connectivity index is 1.74. The highest BCUT2D eigenvalue weighted by Gasteiger charge is 2.14. The van der Waals surface area contributed by atoms with Crippen LogP contribution >= 0.6 is 28.1 Å². The lowest BCUT2D eigenvalue weighted by Crippen LogP contribution is -2.01. The maximum atomic E-state index is 5.44. The van der Waals surface area contributed by atoms with Crippen molar-refractivity contribution in [1.82, 2.24) is 9.55 Å². The van der Waals surface area contributed by atoms with Crippen molar-refractivity contribution in [3.05, 3.63) is 27.4 Å². The van der Waals surface area contributed by atoms with E-state index in [1.807, 2.05) is 0 Å². The van der Waals surface area contributed by atoms with Crippen molar-refractivity contribution in [3.63, 3.8) is 0 Å². The smallest absolute Gasteiger partial charge is 0.178 e. The molecule has 3 rings (SSSR count). The monoisotopic (exact) mass is 338 g/mol. The minimum Gasteiger partial charge on any atom is -0.331 e. The molecule has 102 valence electrons. The first-order valence-corrected chi connectivity index (χ1v) is 8.32. The van der Waals surface area contributed by atoms with Gasteiger partial charge in [0.25, 0.3) is 0 Å². The van der Waals surface area contributed by atoms with Gasteiger partial charge in [0.1, 0.15) is 0 Å². The van der Waals surface area contributed by atoms with Crippen LogP contribution in [-0.2, 0) is 6.54 Å². The second kappa shape index (κ2) is 5.80. The van der Waals surface area contributed by atoms with Gasteiger partial charge in [-0.1, -0.05) is 41.6 Å². The lowest BCUT2D eigenvalue weighted by atomic mass is 10.0. The molecule has 0 aliphatic heterocycles. The Hall–Kier alpha value is -0.610. The summed E-state index contributed by atoms with van der Waals surface area (Å²) in [5, 5.41) is 0. The Labute approximate surface area is 127 Å². The number of aryl methyl sites for hydroxylation is 1. The first-order chi connectivity index (χ1) is 9.24. The van der Waals surface area contributed by atoms with Gasteiger partial charge in [-0.25, -0.2) is 0 Å². The summed E-state index contributed by atoms with van der Waals surface area (Å²) >= 11 is 8.97. The van der Waals surface area contributed by atoms with Gasteiger partial charge in [0.15, 0.2) is 4.77 Å². The normalized spacial score (nSPS) is 16.5. The summed E-state index contributed by atoms with van der Waals surface area (Å²) in [6.07, 6.45) is 8.32. The average molecular weight is 339 g/mol. The number of halogens is 1. The Morgan fingerprint density at radius 3 is 2.89 bits per heavy atom. The second-order valence-electron chi connectivity index (χ2n) is 5.54. The molecule has 1 fully saturated rings. The van der Waals surface area contributed by atoms with Crippen molar-refractivity contribution < 1.29 is 0 Å². The number of nitrogens with zero attached hydrogens (tertiary/aromatic N) is 1. The molecule has 2 aromatic rings. The minimum atomic E-state index is 0.847. The minimum absolute atomic E-state index is 0.847. The van der Waals surface area contributed by atoms with E-state index in [0.717, 1.165) is 27.2 Å². The third-order valence-corrected chi connectivity index (χ3v) is 5.02. The molecule has 2 nitrogen and oxygen atoms in total. The number of hydrogen-bond acceptors (Lipinski definition) is 1. The lowest BCUT2D eigenvalue weighted by Gasteiger charge is -2.09. The van der Waals surface area contributed by atoms with Gasteiger partial charge in [-0.3, -0.25) is 0 Å². The van der Waals surface area contributed by atoms with Crippen LogP contribution in [0.2, 0.25) is 0 Å². The van der Waals surface area contributed by atoms with E-state index in [9.17, 15) is 0 Å². The average Bonchev–Trinajstić information content (AvgIpc) is 2.99. The summed E-state index contributed by atoms with van der Waals surface area (Å²) in [6, 6.07) is 6.29. The molecule has 1 aromatic heterocycles. The van der Waals surface area contributed by atoms with Crippen molar-refractivity contribution in [2.75, 3.05) is 0 Å². The van der Waals surface area contributed by atoms with Crippen LogP contribution in [0, 0.1) is 10.7 Å². The van der Waals surface area contributed by atoms with E-state index in [-0.39, 0.29) is 0 Å². The summed E-state index contributed by atoms with van der Waals surface area (Å²) in [5.74, 6) is 0.964. The summed E-state index contributed by atoms with van der Waals surface area (Å²) in [7, 11) is 0. The Kier molecular flexibility index (Phi) is 4.08. The van der Waals surface area contributed by atoms with E-state index < -0.39 is 0 Å². The zero-order valence-corrected chi connectivity index (χ0v) is 13.4. The largest absolute Gasteiger partial charge is 0.331 e. The maximum absolute atomic E-state index is 5.44. The number of benzene rings is 1. The lowest BCUT2D eigenvalue weighted by molar-refractivity contribution is 0.460. The number of H-pyrrole nitrogens is 1. The molecule has 0 spiro atoms. The summed E-state index contributed by atoms with van der Waals surface area (Å²) in [6.45, 7) is 1.03. The molecule has 0 radical (unpaired) electrons. The van der Waals surface area contributed by atoms with Crippen LogP contribution in [0.25, 0.3) is 11.0 Å². The summed E-state index contributed by atoms with van der Waals surface area (Å²) in [5.41, 5.74) is 2.35. The molecule has 1 N–H and O–H groups in total. The number of imidazole rings is 1. The molecule has 0 unspecified atom stereocenters. The first kappa shape index (κ1) is 13.4. The molecule has 19 heavy (non-hydrogen) atoms. The number of rotatable bonds is 4. The van der Waals surface area contributed by atoms with Crippen molar-refractivity contribution in [3.8, 4) is 0 Å². The van der Waals surface area contributed by atoms with E-state index in [0.29, 0.717) is 0 Å². The van der Waals surface area contributed by atoms with E-state index in [1.54, 1.807) is 0 Å². The Morgan fingerprint density at radius 1 is 1.32 bits per heavy atom. The van der Waals surface area contributed by atoms with Crippen molar-refractivity contribution in [1.29, 1.82) is 0 Å². The fourth-order valence-corrected chi connectivity index (χ4v) is 3.83. The zero-order valence-electron chi connectivity index (χ0n) is 11.0. The molecule has 0 bridgehead atoms. The van der Waals surface area contributed by atoms with Gasteiger partial charge in [0.2, 0.25) is 0 Å². The molecule has 1 aromatic carbocycles. The third kappa shape index (κ3) is 2.95. The fourth-order valence-electron chi connectivity index (χ4n) is 3.19. The van der Waals surface area contributed by atoms with Gasteiger partial charge in [-0.2, -0.15) is 0 Å². The topological polar surface area (TPSA) is 20.7 Å². The molecule has 0 amide bonds. The molecule has 0 atom stereocenters. The number of hydrogen-bond donors (Lipinski definition) is 1. The van der Waals surface area contributed by atoms with Gasteiger partial charge < -0.3 is 9.55 Å². The van der Waals surface area contributed by atoms with Gasteiger partial charge in [-0.05, 0) is 49.2 Å². The Morgan fingerprint density at radius 2 is 2.11 bits per heavy atom. The molecular weight excluding hydrogens is 320 g/mol. The van der Waals surface area contributed by atoms with Gasteiger partial charge in [0, 0.05) is 11.0 Å². The van der Waals surface area contributed by atoms with Crippen molar-refractivity contribution in [2.24, 2.45) is 5.92 Å². The highest BCUT2D eigenvalue weighted by Crippen LogP contribution is 2.29. The zero-order chi connectivity index (χ0) is 13.2. The van der Waals surface area contributed by atoms with Crippen molar-refractivity contribution >= 4 is 39.2 Å². The van der Waals surface area contributed by atoms with Crippen LogP contribution in [0.3, 0.4) is 0 Å². The predicted octanol–water partition coefficient (Wildman–Crippen LogP) is 5.43. The fraction of sp³-hybridized carbons (Fsp3) is 0.533. The Bertz CT molecular complexity index is 623. The number of aromatic nitrogens is 2. The highest BCUT2D eigenvalue weighted by molar-refractivity contribution is 9.10. The third-order valence-electron chi connectivity index (χ3n) is 4.21. The van der Waals surface area contributed by atoms with Crippen LogP contribution in [-0.4, -0.2) is 9.55 Å². The van der Waals surface area contributed by atoms with Crippen molar-refractivity contribution in [2.45, 2.75) is 45.1 Å². The maximum Gasteiger partial charge on any atom is 0.178 e. The predicted molar refractivity (Wildman–Crippen MR) is 86.0 cm³/mol. The quantitative estimate of drug-likeness (QED) is 0.737. The SMILES string of the molecule is S=c1[nH]c2ccc(Br)cc2n1CCCC1CCCC1. The molecule has 1 heterocycles. The van der Waals surface area contributed by atoms with Gasteiger partial charge in [0.05, 0.1) is 11.0 Å². The van der Waals surface area contributed by atoms with E-state index in [4.69, 9.17) is 12.2 Å². The molecule has 1 saturated carbocycles. The van der Waals surface area contributed by atoms with Crippen LogP contribution in [0.5, 0.6) is 0 Å². The van der Waals surface area contributed by atoms with E-state index >= 15 is 0 Å². The molecule has 1 aliphatic carbocycles. The first-order valence-electron chi connectivity index (χ1n) is 7.12. The molecular formula is C15H19BrN2S. The molecule has 1 aliphatic rings. The van der Waals surface area contributed by atoms with Crippen LogP contribution in [0.4, 0.5) is 0 Å². The van der Waals surface area contributed by atoms with Gasteiger partial charge in [-0.15, -0.1) is 0 Å². The number of nitrogens with one attached hydrogen (secondary N) is 1. The van der Waals surface area contributed by atoms with E-state index in [2.05, 4.69) is 43.7 Å². The summed E-state index contributed by atoms with van der Waals surface area (Å²) < 4.78 is 4.20. The highest BCUT2D eigenvalue weighted by atomic mass is 79.9. The standard InChI is InChI=1S/C15H19BrN2S/c16-12-7-8-13-14(10-12)18(15(19)17-13)9-3-6-11-4-1-2-5-11/h7-8,10-11H,1-6,9H2,(H,17,19). The molecule has 4 heteroatoms. The number of aromatic amines is 1. The van der Waals surface area contributed by atoms with Crippen LogP contribution in [0.15, 0.2) is 22.7 Å².